The molecule has 0 bridgehead atoms. The Balaban J connectivity index is 1.76. The maximum absolute atomic E-state index is 12.0. The first-order valence-electron chi connectivity index (χ1n) is 8.22. The summed E-state index contributed by atoms with van der Waals surface area (Å²) in [5.41, 5.74) is 1.09. The number of Topliss-reactive ketones (excluding diaryl/α,β-unsaturated/α-hetero) is 1. The van der Waals surface area contributed by atoms with Gasteiger partial charge in [-0.2, -0.15) is 5.26 Å². The van der Waals surface area contributed by atoms with E-state index in [9.17, 15) is 14.4 Å². The fourth-order valence-electron chi connectivity index (χ4n) is 2.19. The quantitative estimate of drug-likeness (QED) is 0.405. The van der Waals surface area contributed by atoms with E-state index in [4.69, 9.17) is 10.00 Å². The van der Waals surface area contributed by atoms with Gasteiger partial charge in [0.15, 0.2) is 12.4 Å². The van der Waals surface area contributed by atoms with E-state index in [-0.39, 0.29) is 24.4 Å². The first-order chi connectivity index (χ1) is 13.1. The third kappa shape index (κ3) is 6.96. The molecule has 0 spiro atoms. The van der Waals surface area contributed by atoms with E-state index in [2.05, 4.69) is 5.32 Å². The normalized spacial score (nSPS) is 9.89. The van der Waals surface area contributed by atoms with Gasteiger partial charge in [0.05, 0.1) is 23.9 Å². The molecule has 0 unspecified atom stereocenters. The highest BCUT2D eigenvalue weighted by Gasteiger charge is 2.13. The zero-order valence-electron chi connectivity index (χ0n) is 14.5. The van der Waals surface area contributed by atoms with Crippen molar-refractivity contribution < 1.29 is 19.1 Å². The SMILES string of the molecule is N#CCSc1ccccc1NC(=O)COC(=O)CCC(=O)c1ccccc1. The Morgan fingerprint density at radius 1 is 1.00 bits per heavy atom. The number of carbonyl (C=O) groups excluding carboxylic acids is 3. The lowest BCUT2D eigenvalue weighted by molar-refractivity contribution is -0.147. The molecule has 6 nitrogen and oxygen atoms in total. The van der Waals surface area contributed by atoms with E-state index in [1.165, 1.54) is 11.8 Å². The molecule has 0 aromatic heterocycles. The first kappa shape index (κ1) is 20.2. The molecule has 0 radical (unpaired) electrons. The molecular weight excluding hydrogens is 364 g/mol. The lowest BCUT2D eigenvalue weighted by Crippen LogP contribution is -2.21. The summed E-state index contributed by atoms with van der Waals surface area (Å²) in [7, 11) is 0. The van der Waals surface area contributed by atoms with Crippen LogP contribution in [0, 0.1) is 11.3 Å². The van der Waals surface area contributed by atoms with Gasteiger partial charge in [-0.3, -0.25) is 14.4 Å². The van der Waals surface area contributed by atoms with Crippen LogP contribution in [0.15, 0.2) is 59.5 Å². The van der Waals surface area contributed by atoms with Crippen molar-refractivity contribution in [3.63, 3.8) is 0 Å². The molecule has 0 aliphatic rings. The van der Waals surface area contributed by atoms with Crippen molar-refractivity contribution in [2.75, 3.05) is 17.7 Å². The zero-order chi connectivity index (χ0) is 19.5. The van der Waals surface area contributed by atoms with Crippen molar-refractivity contribution in [3.05, 3.63) is 60.2 Å². The smallest absolute Gasteiger partial charge is 0.306 e. The molecule has 0 atom stereocenters. The predicted molar refractivity (Wildman–Crippen MR) is 102 cm³/mol. The minimum absolute atomic E-state index is 0.0259. The van der Waals surface area contributed by atoms with Gasteiger partial charge < -0.3 is 10.1 Å². The number of hydrogen-bond donors (Lipinski definition) is 1. The molecule has 1 N–H and O–H groups in total. The maximum Gasteiger partial charge on any atom is 0.306 e. The maximum atomic E-state index is 12.0. The van der Waals surface area contributed by atoms with Gasteiger partial charge in [0.1, 0.15) is 0 Å². The summed E-state index contributed by atoms with van der Waals surface area (Å²) in [6.45, 7) is -0.435. The molecular formula is C20H18N2O4S. The zero-order valence-corrected chi connectivity index (χ0v) is 15.3. The molecule has 27 heavy (non-hydrogen) atoms. The van der Waals surface area contributed by atoms with Crippen LogP contribution < -0.4 is 5.32 Å². The number of carbonyl (C=O) groups is 3. The van der Waals surface area contributed by atoms with Gasteiger partial charge in [-0.05, 0) is 12.1 Å². The van der Waals surface area contributed by atoms with Crippen molar-refractivity contribution in [3.8, 4) is 6.07 Å². The Bertz CT molecular complexity index is 847. The molecule has 1 amide bonds. The highest BCUT2D eigenvalue weighted by Crippen LogP contribution is 2.26. The van der Waals surface area contributed by atoms with Crippen LogP contribution in [0.5, 0.6) is 0 Å². The second-order valence-electron chi connectivity index (χ2n) is 5.44. The number of nitrogens with zero attached hydrogens (tertiary/aromatic N) is 1. The van der Waals surface area contributed by atoms with Gasteiger partial charge in [0.2, 0.25) is 0 Å². The Morgan fingerprint density at radius 2 is 1.70 bits per heavy atom. The van der Waals surface area contributed by atoms with Crippen molar-refractivity contribution in [2.24, 2.45) is 0 Å². The number of nitrogens with one attached hydrogen (secondary N) is 1. The predicted octanol–water partition coefficient (Wildman–Crippen LogP) is 3.45. The van der Waals surface area contributed by atoms with Crippen molar-refractivity contribution in [1.82, 2.24) is 0 Å². The van der Waals surface area contributed by atoms with Crippen molar-refractivity contribution in [2.45, 2.75) is 17.7 Å². The molecule has 2 aromatic carbocycles. The summed E-state index contributed by atoms with van der Waals surface area (Å²) in [4.78, 5) is 36.4. The van der Waals surface area contributed by atoms with Crippen LogP contribution in [0.25, 0.3) is 0 Å². The number of para-hydroxylation sites is 1. The fraction of sp³-hybridized carbons (Fsp3) is 0.200. The lowest BCUT2D eigenvalue weighted by atomic mass is 10.1. The number of esters is 1. The van der Waals surface area contributed by atoms with E-state index >= 15 is 0 Å². The largest absolute Gasteiger partial charge is 0.456 e. The number of anilines is 1. The van der Waals surface area contributed by atoms with Gasteiger partial charge in [-0.25, -0.2) is 0 Å². The van der Waals surface area contributed by atoms with Crippen LogP contribution in [-0.2, 0) is 14.3 Å². The fourth-order valence-corrected chi connectivity index (χ4v) is 2.86. The monoisotopic (exact) mass is 382 g/mol. The summed E-state index contributed by atoms with van der Waals surface area (Å²) < 4.78 is 4.92. The van der Waals surface area contributed by atoms with E-state index in [1.54, 1.807) is 54.6 Å². The molecule has 2 aromatic rings. The highest BCUT2D eigenvalue weighted by molar-refractivity contribution is 7.99. The number of ketones is 1. The van der Waals surface area contributed by atoms with Gasteiger partial charge in [-0.15, -0.1) is 11.8 Å². The molecule has 0 fully saturated rings. The van der Waals surface area contributed by atoms with Crippen LogP contribution in [0.2, 0.25) is 0 Å². The minimum atomic E-state index is -0.610. The first-order valence-corrected chi connectivity index (χ1v) is 9.21. The summed E-state index contributed by atoms with van der Waals surface area (Å²) in [5.74, 6) is -0.984. The Morgan fingerprint density at radius 3 is 2.44 bits per heavy atom. The molecule has 7 heteroatoms. The van der Waals surface area contributed by atoms with Crippen LogP contribution >= 0.6 is 11.8 Å². The number of benzene rings is 2. The van der Waals surface area contributed by atoms with Crippen LogP contribution in [0.1, 0.15) is 23.2 Å². The average molecular weight is 382 g/mol. The summed E-state index contributed by atoms with van der Waals surface area (Å²) in [6, 6.07) is 17.8. The molecule has 0 saturated heterocycles. The number of amides is 1. The summed E-state index contributed by atoms with van der Waals surface area (Å²) in [6.07, 6.45) is -0.0618. The Labute approximate surface area is 161 Å². The number of thioether (sulfide) groups is 1. The molecule has 0 saturated carbocycles. The molecule has 2 rings (SSSR count). The molecule has 0 aliphatic carbocycles. The van der Waals surface area contributed by atoms with E-state index in [0.717, 1.165) is 4.90 Å². The van der Waals surface area contributed by atoms with Gasteiger partial charge >= 0.3 is 5.97 Å². The summed E-state index contributed by atoms with van der Waals surface area (Å²) >= 11 is 1.30. The van der Waals surface area contributed by atoms with Crippen molar-refractivity contribution in [1.29, 1.82) is 5.26 Å². The lowest BCUT2D eigenvalue weighted by Gasteiger charge is -2.10. The van der Waals surface area contributed by atoms with Crippen molar-refractivity contribution >= 4 is 35.1 Å². The molecule has 0 heterocycles. The topological polar surface area (TPSA) is 96.3 Å². The highest BCUT2D eigenvalue weighted by atomic mass is 32.2. The third-order valence-corrected chi connectivity index (χ3v) is 4.41. The number of nitriles is 1. The van der Waals surface area contributed by atoms with Crippen LogP contribution in [0.3, 0.4) is 0 Å². The molecule has 0 aliphatic heterocycles. The second kappa shape index (κ2) is 10.8. The van der Waals surface area contributed by atoms with Gasteiger partial charge in [0, 0.05) is 16.9 Å². The standard InChI is InChI=1S/C20H18N2O4S/c21-12-13-27-18-9-5-4-8-16(18)22-19(24)14-26-20(25)11-10-17(23)15-6-2-1-3-7-15/h1-9H,10-11,13-14H2,(H,22,24). The van der Waals surface area contributed by atoms with E-state index in [0.29, 0.717) is 11.3 Å². The minimum Gasteiger partial charge on any atom is -0.456 e. The van der Waals surface area contributed by atoms with Gasteiger partial charge in [0.25, 0.3) is 5.91 Å². The third-order valence-electron chi connectivity index (χ3n) is 3.47. The average Bonchev–Trinajstić information content (AvgIpc) is 2.70. The van der Waals surface area contributed by atoms with E-state index in [1.807, 2.05) is 6.07 Å². The van der Waals surface area contributed by atoms with Crippen LogP contribution in [0.4, 0.5) is 5.69 Å². The van der Waals surface area contributed by atoms with E-state index < -0.39 is 18.5 Å². The number of hydrogen-bond acceptors (Lipinski definition) is 6. The number of ether oxygens (including phenoxy) is 1. The Hall–Kier alpha value is -3.11. The second-order valence-corrected chi connectivity index (χ2v) is 6.46. The number of rotatable bonds is 9. The van der Waals surface area contributed by atoms with Crippen LogP contribution in [-0.4, -0.2) is 30.0 Å². The Kier molecular flexibility index (Phi) is 8.07. The molecule has 138 valence electrons. The van der Waals surface area contributed by atoms with Gasteiger partial charge in [-0.1, -0.05) is 42.5 Å². The summed E-state index contributed by atoms with van der Waals surface area (Å²) in [5, 5.41) is 11.3.